The fourth-order valence-electron chi connectivity index (χ4n) is 1.99. The van der Waals surface area contributed by atoms with Gasteiger partial charge in [0.25, 0.3) is 0 Å². The molecule has 0 aliphatic heterocycles. The van der Waals surface area contributed by atoms with Gasteiger partial charge in [0, 0.05) is 11.6 Å². The van der Waals surface area contributed by atoms with Crippen molar-refractivity contribution < 1.29 is 14.2 Å². The first kappa shape index (κ1) is 13.3. The molecule has 0 saturated carbocycles. The van der Waals surface area contributed by atoms with E-state index in [0.717, 1.165) is 22.4 Å². The van der Waals surface area contributed by atoms with Crippen molar-refractivity contribution in [2.45, 2.75) is 0 Å². The third-order valence-corrected chi connectivity index (χ3v) is 2.94. The first-order valence-corrected chi connectivity index (χ1v) is 5.92. The molecule has 0 aliphatic rings. The Kier molecular flexibility index (Phi) is 3.95. The third-order valence-electron chi connectivity index (χ3n) is 2.94. The Bertz CT molecular complexity index is 576. The lowest BCUT2D eigenvalue weighted by molar-refractivity contribution is 0.349. The topological polar surface area (TPSA) is 27.7 Å². The van der Waals surface area contributed by atoms with Gasteiger partial charge in [-0.2, -0.15) is 0 Å². The molecule has 0 amide bonds. The van der Waals surface area contributed by atoms with E-state index < -0.39 is 0 Å². The highest BCUT2D eigenvalue weighted by atomic mass is 16.5. The summed E-state index contributed by atoms with van der Waals surface area (Å²) >= 11 is 0. The van der Waals surface area contributed by atoms with Crippen LogP contribution in [0, 0.1) is 6.92 Å². The molecular weight excluding hydrogens is 240 g/mol. The molecule has 0 atom stereocenters. The molecular formula is C16H17O3. The van der Waals surface area contributed by atoms with E-state index in [-0.39, 0.29) is 0 Å². The maximum atomic E-state index is 5.43. The van der Waals surface area contributed by atoms with Crippen molar-refractivity contribution >= 4 is 0 Å². The van der Waals surface area contributed by atoms with Gasteiger partial charge in [0.2, 0.25) is 0 Å². The zero-order valence-corrected chi connectivity index (χ0v) is 11.4. The minimum Gasteiger partial charge on any atom is -0.496 e. The molecule has 3 nitrogen and oxygen atoms in total. The molecule has 2 aromatic carbocycles. The van der Waals surface area contributed by atoms with E-state index >= 15 is 0 Å². The van der Waals surface area contributed by atoms with Gasteiger partial charge in [0.05, 0.1) is 21.3 Å². The maximum absolute atomic E-state index is 5.43. The van der Waals surface area contributed by atoms with Gasteiger partial charge in [0.1, 0.15) is 5.75 Å². The second-order valence-corrected chi connectivity index (χ2v) is 4.11. The van der Waals surface area contributed by atoms with Gasteiger partial charge in [-0.05, 0) is 24.1 Å². The fraction of sp³-hybridized carbons (Fsp3) is 0.188. The molecule has 0 aliphatic carbocycles. The van der Waals surface area contributed by atoms with Gasteiger partial charge < -0.3 is 14.2 Å². The highest BCUT2D eigenvalue weighted by Crippen LogP contribution is 2.40. The number of ether oxygens (including phenoxy) is 3. The molecule has 0 saturated heterocycles. The van der Waals surface area contributed by atoms with Crippen LogP contribution in [0.15, 0.2) is 36.4 Å². The van der Waals surface area contributed by atoms with Gasteiger partial charge in [-0.1, -0.05) is 24.3 Å². The Morgan fingerprint density at radius 2 is 1.42 bits per heavy atom. The SMILES string of the molecule is [CH2]c1cccc(-c2cc(OC)c(OC)cc2OC)c1. The van der Waals surface area contributed by atoms with Gasteiger partial charge in [-0.15, -0.1) is 0 Å². The summed E-state index contributed by atoms with van der Waals surface area (Å²) in [6, 6.07) is 11.7. The Hall–Kier alpha value is -2.16. The fourth-order valence-corrected chi connectivity index (χ4v) is 1.99. The summed E-state index contributed by atoms with van der Waals surface area (Å²) in [4.78, 5) is 0. The van der Waals surface area contributed by atoms with Gasteiger partial charge in [0.15, 0.2) is 11.5 Å². The van der Waals surface area contributed by atoms with E-state index in [1.165, 1.54) is 0 Å². The minimum absolute atomic E-state index is 0.647. The van der Waals surface area contributed by atoms with Crippen LogP contribution in [0.2, 0.25) is 0 Å². The monoisotopic (exact) mass is 257 g/mol. The zero-order chi connectivity index (χ0) is 13.8. The van der Waals surface area contributed by atoms with Crippen molar-refractivity contribution in [3.8, 4) is 28.4 Å². The van der Waals surface area contributed by atoms with E-state index in [1.807, 2.05) is 36.4 Å². The van der Waals surface area contributed by atoms with E-state index in [0.29, 0.717) is 11.5 Å². The summed E-state index contributed by atoms with van der Waals surface area (Å²) in [5.74, 6) is 2.06. The number of hydrogen-bond donors (Lipinski definition) is 0. The van der Waals surface area contributed by atoms with E-state index in [1.54, 1.807) is 21.3 Å². The number of hydrogen-bond acceptors (Lipinski definition) is 3. The van der Waals surface area contributed by atoms with Crippen LogP contribution in [0.25, 0.3) is 11.1 Å². The second-order valence-electron chi connectivity index (χ2n) is 4.11. The lowest BCUT2D eigenvalue weighted by atomic mass is 10.0. The van der Waals surface area contributed by atoms with Crippen molar-refractivity contribution in [2.24, 2.45) is 0 Å². The molecule has 2 rings (SSSR count). The van der Waals surface area contributed by atoms with Gasteiger partial charge in [-0.25, -0.2) is 0 Å². The quantitative estimate of drug-likeness (QED) is 0.838. The number of methoxy groups -OCH3 is 3. The van der Waals surface area contributed by atoms with Crippen LogP contribution < -0.4 is 14.2 Å². The molecule has 0 spiro atoms. The van der Waals surface area contributed by atoms with Crippen LogP contribution in [0.1, 0.15) is 5.56 Å². The molecule has 0 aromatic heterocycles. The third kappa shape index (κ3) is 2.65. The lowest BCUT2D eigenvalue weighted by Crippen LogP contribution is -1.95. The van der Waals surface area contributed by atoms with E-state index in [4.69, 9.17) is 14.2 Å². The van der Waals surface area contributed by atoms with Crippen LogP contribution in [-0.2, 0) is 0 Å². The molecule has 19 heavy (non-hydrogen) atoms. The smallest absolute Gasteiger partial charge is 0.164 e. The van der Waals surface area contributed by atoms with Crippen LogP contribution in [-0.4, -0.2) is 21.3 Å². The minimum atomic E-state index is 0.647. The lowest BCUT2D eigenvalue weighted by Gasteiger charge is -2.14. The Balaban J connectivity index is 2.61. The van der Waals surface area contributed by atoms with Crippen molar-refractivity contribution in [3.63, 3.8) is 0 Å². The van der Waals surface area contributed by atoms with Crippen molar-refractivity contribution in [3.05, 3.63) is 48.9 Å². The van der Waals surface area contributed by atoms with Crippen molar-refractivity contribution in [2.75, 3.05) is 21.3 Å². The number of rotatable bonds is 4. The molecule has 3 heteroatoms. The van der Waals surface area contributed by atoms with Crippen molar-refractivity contribution in [1.82, 2.24) is 0 Å². The molecule has 1 radical (unpaired) electrons. The zero-order valence-electron chi connectivity index (χ0n) is 11.4. The molecule has 0 heterocycles. The first-order chi connectivity index (χ1) is 9.19. The first-order valence-electron chi connectivity index (χ1n) is 5.92. The summed E-state index contributed by atoms with van der Waals surface area (Å²) in [5, 5.41) is 0. The number of benzene rings is 2. The highest BCUT2D eigenvalue weighted by molar-refractivity contribution is 5.74. The van der Waals surface area contributed by atoms with Crippen molar-refractivity contribution in [1.29, 1.82) is 0 Å². The molecule has 0 unspecified atom stereocenters. The van der Waals surface area contributed by atoms with E-state index in [9.17, 15) is 0 Å². The molecule has 0 fully saturated rings. The van der Waals surface area contributed by atoms with Crippen LogP contribution in [0.4, 0.5) is 0 Å². The largest absolute Gasteiger partial charge is 0.496 e. The predicted molar refractivity (Wildman–Crippen MR) is 76.0 cm³/mol. The van der Waals surface area contributed by atoms with E-state index in [2.05, 4.69) is 6.92 Å². The summed E-state index contributed by atoms with van der Waals surface area (Å²) in [7, 11) is 4.86. The van der Waals surface area contributed by atoms with Crippen LogP contribution in [0.3, 0.4) is 0 Å². The molecule has 2 aromatic rings. The van der Waals surface area contributed by atoms with Crippen LogP contribution in [0.5, 0.6) is 17.2 Å². The Morgan fingerprint density at radius 3 is 2.00 bits per heavy atom. The maximum Gasteiger partial charge on any atom is 0.164 e. The Labute approximate surface area is 113 Å². The summed E-state index contributed by atoms with van der Waals surface area (Å²) in [6.45, 7) is 3.94. The standard InChI is InChI=1S/C16H17O3/c1-11-6-5-7-12(8-11)13-9-15(18-3)16(19-4)10-14(13)17-2/h5-10H,1H2,2-4H3. The summed E-state index contributed by atoms with van der Waals surface area (Å²) < 4.78 is 16.0. The normalized spacial score (nSPS) is 10.1. The van der Waals surface area contributed by atoms with Crippen LogP contribution >= 0.6 is 0 Å². The Morgan fingerprint density at radius 1 is 0.789 bits per heavy atom. The second kappa shape index (κ2) is 5.65. The molecule has 0 N–H and O–H groups in total. The summed E-state index contributed by atoms with van der Waals surface area (Å²) in [5.41, 5.74) is 2.94. The highest BCUT2D eigenvalue weighted by Gasteiger charge is 2.13. The van der Waals surface area contributed by atoms with Gasteiger partial charge in [-0.3, -0.25) is 0 Å². The molecule has 0 bridgehead atoms. The average Bonchev–Trinajstić information content (AvgIpc) is 2.45. The average molecular weight is 257 g/mol. The predicted octanol–water partition coefficient (Wildman–Crippen LogP) is 3.56. The van der Waals surface area contributed by atoms with Gasteiger partial charge >= 0.3 is 0 Å². The molecule has 99 valence electrons. The summed E-state index contributed by atoms with van der Waals surface area (Å²) in [6.07, 6.45) is 0.